The molecule has 2 nitrogen and oxygen atoms in total. The van der Waals surface area contributed by atoms with Crippen molar-refractivity contribution in [2.75, 3.05) is 0 Å². The van der Waals surface area contributed by atoms with Crippen molar-refractivity contribution in [2.45, 2.75) is 56.3 Å². The molecule has 0 saturated heterocycles. The van der Waals surface area contributed by atoms with Crippen LogP contribution in [0.2, 0.25) is 0 Å². The molecule has 1 rings (SSSR count). The second kappa shape index (κ2) is 5.63. The lowest BCUT2D eigenvalue weighted by atomic mass is 10.1. The van der Waals surface area contributed by atoms with Gasteiger partial charge in [-0.3, -0.25) is 4.79 Å². The summed E-state index contributed by atoms with van der Waals surface area (Å²) in [6, 6.07) is 0.356. The highest BCUT2D eigenvalue weighted by molar-refractivity contribution is 9.09. The third-order valence-electron chi connectivity index (χ3n) is 2.60. The normalized spacial score (nSPS) is 29.4. The van der Waals surface area contributed by atoms with Crippen LogP contribution in [0.1, 0.15) is 45.4 Å². The Morgan fingerprint density at radius 1 is 1.38 bits per heavy atom. The molecule has 0 bridgehead atoms. The van der Waals surface area contributed by atoms with Crippen LogP contribution in [-0.2, 0) is 4.79 Å². The fraction of sp³-hybridized carbons (Fsp3) is 0.900. The molecule has 2 unspecified atom stereocenters. The molecule has 3 heteroatoms. The Labute approximate surface area is 88.6 Å². The van der Waals surface area contributed by atoms with Crippen molar-refractivity contribution in [2.24, 2.45) is 0 Å². The van der Waals surface area contributed by atoms with E-state index in [4.69, 9.17) is 0 Å². The fourth-order valence-electron chi connectivity index (χ4n) is 1.73. The van der Waals surface area contributed by atoms with Gasteiger partial charge in [0, 0.05) is 17.3 Å². The summed E-state index contributed by atoms with van der Waals surface area (Å²) in [6.07, 6.45) is 6.75. The Hall–Kier alpha value is -0.0500. The molecule has 1 amide bonds. The van der Waals surface area contributed by atoms with Gasteiger partial charge in [0.2, 0.25) is 5.91 Å². The van der Waals surface area contributed by atoms with Crippen molar-refractivity contribution in [3.8, 4) is 0 Å². The molecule has 0 aromatic rings. The molecule has 1 aliphatic carbocycles. The number of amides is 1. The molecular weight excluding hydrogens is 230 g/mol. The molecule has 0 heterocycles. The summed E-state index contributed by atoms with van der Waals surface area (Å²) in [7, 11) is 0. The van der Waals surface area contributed by atoms with E-state index in [1.54, 1.807) is 0 Å². The van der Waals surface area contributed by atoms with E-state index in [0.717, 1.165) is 6.42 Å². The first-order valence-electron chi connectivity index (χ1n) is 5.17. The van der Waals surface area contributed by atoms with Gasteiger partial charge >= 0.3 is 0 Å². The zero-order valence-electron chi connectivity index (χ0n) is 8.18. The number of hydrogen-bond donors (Lipinski definition) is 1. The number of alkyl halides is 1. The topological polar surface area (TPSA) is 29.1 Å². The standard InChI is InChI=1S/C10H18BrNO/c1-2-10(13)12-9-7-5-3-4-6-8(9)11/h8-9H,2-7H2,1H3,(H,12,13). The maximum atomic E-state index is 11.2. The van der Waals surface area contributed by atoms with Crippen LogP contribution in [0.15, 0.2) is 0 Å². The van der Waals surface area contributed by atoms with Gasteiger partial charge in [0.05, 0.1) is 0 Å². The lowest BCUT2D eigenvalue weighted by Crippen LogP contribution is -2.39. The fourth-order valence-corrected chi connectivity index (χ4v) is 2.45. The summed E-state index contributed by atoms with van der Waals surface area (Å²) in [5, 5.41) is 3.07. The van der Waals surface area contributed by atoms with E-state index >= 15 is 0 Å². The van der Waals surface area contributed by atoms with Crippen molar-refractivity contribution in [1.29, 1.82) is 0 Å². The molecule has 1 fully saturated rings. The van der Waals surface area contributed by atoms with Crippen LogP contribution in [0.4, 0.5) is 0 Å². The van der Waals surface area contributed by atoms with Gasteiger partial charge in [-0.05, 0) is 12.8 Å². The van der Waals surface area contributed by atoms with E-state index in [2.05, 4.69) is 21.2 Å². The van der Waals surface area contributed by atoms with Gasteiger partial charge in [-0.15, -0.1) is 0 Å². The van der Waals surface area contributed by atoms with Crippen LogP contribution in [0.3, 0.4) is 0 Å². The molecule has 1 saturated carbocycles. The number of carbonyl (C=O) groups is 1. The minimum Gasteiger partial charge on any atom is -0.352 e. The molecule has 0 aromatic heterocycles. The largest absolute Gasteiger partial charge is 0.352 e. The van der Waals surface area contributed by atoms with Gasteiger partial charge in [-0.1, -0.05) is 42.1 Å². The van der Waals surface area contributed by atoms with Crippen LogP contribution in [0.5, 0.6) is 0 Å². The lowest BCUT2D eigenvalue weighted by Gasteiger charge is -2.20. The highest BCUT2D eigenvalue weighted by Gasteiger charge is 2.21. The van der Waals surface area contributed by atoms with Crippen LogP contribution >= 0.6 is 15.9 Å². The Kier molecular flexibility index (Phi) is 4.78. The van der Waals surface area contributed by atoms with E-state index in [-0.39, 0.29) is 5.91 Å². The van der Waals surface area contributed by atoms with Crippen LogP contribution < -0.4 is 5.32 Å². The van der Waals surface area contributed by atoms with Crippen molar-refractivity contribution in [3.05, 3.63) is 0 Å². The van der Waals surface area contributed by atoms with Crippen molar-refractivity contribution >= 4 is 21.8 Å². The summed E-state index contributed by atoms with van der Waals surface area (Å²) in [6.45, 7) is 1.90. The van der Waals surface area contributed by atoms with Crippen LogP contribution in [-0.4, -0.2) is 16.8 Å². The third-order valence-corrected chi connectivity index (χ3v) is 3.70. The molecule has 76 valence electrons. The first kappa shape index (κ1) is 11.0. The van der Waals surface area contributed by atoms with Crippen molar-refractivity contribution in [1.82, 2.24) is 5.32 Å². The van der Waals surface area contributed by atoms with Gasteiger partial charge in [0.15, 0.2) is 0 Å². The van der Waals surface area contributed by atoms with Gasteiger partial charge in [0.25, 0.3) is 0 Å². The molecular formula is C10H18BrNO. The van der Waals surface area contributed by atoms with Gasteiger partial charge in [-0.25, -0.2) is 0 Å². The predicted molar refractivity (Wildman–Crippen MR) is 58.0 cm³/mol. The molecule has 0 spiro atoms. The first-order chi connectivity index (χ1) is 6.24. The van der Waals surface area contributed by atoms with Gasteiger partial charge in [-0.2, -0.15) is 0 Å². The average Bonchev–Trinajstić information content (AvgIpc) is 2.32. The molecule has 1 N–H and O–H groups in total. The van der Waals surface area contributed by atoms with Gasteiger partial charge in [0.1, 0.15) is 0 Å². The van der Waals surface area contributed by atoms with E-state index < -0.39 is 0 Å². The highest BCUT2D eigenvalue weighted by atomic mass is 79.9. The van der Waals surface area contributed by atoms with Crippen molar-refractivity contribution in [3.63, 3.8) is 0 Å². The predicted octanol–water partition coefficient (Wildman–Crippen LogP) is 2.61. The zero-order valence-corrected chi connectivity index (χ0v) is 9.77. The Morgan fingerprint density at radius 3 is 2.77 bits per heavy atom. The number of rotatable bonds is 2. The smallest absolute Gasteiger partial charge is 0.219 e. The summed E-state index contributed by atoms with van der Waals surface area (Å²) >= 11 is 3.65. The van der Waals surface area contributed by atoms with E-state index in [1.165, 1.54) is 25.7 Å². The monoisotopic (exact) mass is 247 g/mol. The molecule has 1 aliphatic rings. The quantitative estimate of drug-likeness (QED) is 0.590. The summed E-state index contributed by atoms with van der Waals surface area (Å²) < 4.78 is 0. The molecule has 0 radical (unpaired) electrons. The Balaban J connectivity index is 2.40. The molecule has 13 heavy (non-hydrogen) atoms. The van der Waals surface area contributed by atoms with Crippen LogP contribution in [0, 0.1) is 0 Å². The highest BCUT2D eigenvalue weighted by Crippen LogP contribution is 2.23. The maximum absolute atomic E-state index is 11.2. The number of carbonyl (C=O) groups excluding carboxylic acids is 1. The Morgan fingerprint density at radius 2 is 2.08 bits per heavy atom. The number of nitrogens with one attached hydrogen (secondary N) is 1. The minimum absolute atomic E-state index is 0.177. The second-order valence-corrected chi connectivity index (χ2v) is 4.86. The molecule has 2 atom stereocenters. The Bertz CT molecular complexity index is 172. The second-order valence-electron chi connectivity index (χ2n) is 3.68. The van der Waals surface area contributed by atoms with E-state index in [0.29, 0.717) is 17.3 Å². The zero-order chi connectivity index (χ0) is 9.68. The number of halogens is 1. The maximum Gasteiger partial charge on any atom is 0.219 e. The SMILES string of the molecule is CCC(=O)NC1CCCCCC1Br. The molecule has 0 aliphatic heterocycles. The summed E-state index contributed by atoms with van der Waals surface area (Å²) in [5.41, 5.74) is 0. The molecule has 0 aromatic carbocycles. The lowest BCUT2D eigenvalue weighted by molar-refractivity contribution is -0.121. The summed E-state index contributed by atoms with van der Waals surface area (Å²) in [4.78, 5) is 11.7. The third kappa shape index (κ3) is 3.67. The van der Waals surface area contributed by atoms with Crippen LogP contribution in [0.25, 0.3) is 0 Å². The van der Waals surface area contributed by atoms with Gasteiger partial charge < -0.3 is 5.32 Å². The first-order valence-corrected chi connectivity index (χ1v) is 6.09. The summed E-state index contributed by atoms with van der Waals surface area (Å²) in [5.74, 6) is 0.177. The average molecular weight is 248 g/mol. The minimum atomic E-state index is 0.177. The van der Waals surface area contributed by atoms with Crippen molar-refractivity contribution < 1.29 is 4.79 Å². The van der Waals surface area contributed by atoms with E-state index in [9.17, 15) is 4.79 Å². The number of hydrogen-bond acceptors (Lipinski definition) is 1. The van der Waals surface area contributed by atoms with E-state index in [1.807, 2.05) is 6.92 Å².